The van der Waals surface area contributed by atoms with Gasteiger partial charge >= 0.3 is 0 Å². The highest BCUT2D eigenvalue weighted by atomic mass is 14.2. The Kier molecular flexibility index (Phi) is 115. The van der Waals surface area contributed by atoms with E-state index in [1.54, 1.807) is 6.08 Å². The second-order valence-electron chi connectivity index (χ2n) is 16.9. The first-order valence-electron chi connectivity index (χ1n) is 30.1. The van der Waals surface area contributed by atoms with E-state index in [2.05, 4.69) is 85.1 Å². The van der Waals surface area contributed by atoms with Crippen LogP contribution in [0.5, 0.6) is 0 Å². The summed E-state index contributed by atoms with van der Waals surface area (Å²) in [6.45, 7) is 42.6. The molecular formula is C65H136. The average Bonchev–Trinajstić information content (AvgIpc) is 3.36. The maximum atomic E-state index is 3.64. The van der Waals surface area contributed by atoms with Crippen molar-refractivity contribution in [3.63, 3.8) is 0 Å². The van der Waals surface area contributed by atoms with Crippen LogP contribution in [0, 0.1) is 11.8 Å². The van der Waals surface area contributed by atoms with Gasteiger partial charge in [0.05, 0.1) is 0 Å². The Bertz CT molecular complexity index is 730. The quantitative estimate of drug-likeness (QED) is 0.0424. The first kappa shape index (κ1) is 80.7. The summed E-state index contributed by atoms with van der Waals surface area (Å²) in [7, 11) is 0. The van der Waals surface area contributed by atoms with E-state index >= 15 is 0 Å². The van der Waals surface area contributed by atoms with Gasteiger partial charge in [0.2, 0.25) is 0 Å². The molecule has 0 aliphatic heterocycles. The Labute approximate surface area is 420 Å². The Morgan fingerprint density at radius 3 is 0.800 bits per heavy atom. The lowest BCUT2D eigenvalue weighted by Gasteiger charge is -2.25. The molecule has 0 bridgehead atoms. The maximum absolute atomic E-state index is 3.64. The number of hydrogen-bond donors (Lipinski definition) is 0. The fourth-order valence-electron chi connectivity index (χ4n) is 7.68. The molecule has 396 valence electrons. The number of hydrogen-bond acceptors (Lipinski definition) is 0. The Morgan fingerprint density at radius 1 is 0.354 bits per heavy atom. The summed E-state index contributed by atoms with van der Waals surface area (Å²) < 4.78 is 0. The molecule has 0 heteroatoms. The van der Waals surface area contributed by atoms with E-state index in [1.807, 2.05) is 82.2 Å². The molecule has 0 N–H and O–H groups in total. The molecule has 0 fully saturated rings. The molecule has 2 atom stereocenters. The topological polar surface area (TPSA) is 0 Å². The van der Waals surface area contributed by atoms with E-state index < -0.39 is 0 Å². The third kappa shape index (κ3) is 89.9. The van der Waals surface area contributed by atoms with Gasteiger partial charge in [-0.25, -0.2) is 0 Å². The zero-order valence-electron chi connectivity index (χ0n) is 49.6. The number of allylic oxidation sites excluding steroid dienone is 8. The van der Waals surface area contributed by atoms with Crippen LogP contribution in [0.25, 0.3) is 0 Å². The van der Waals surface area contributed by atoms with E-state index in [9.17, 15) is 0 Å². The SMILES string of the molecule is C=CC.C=CCC/C(C)=C/C.CC.CC.CC.CC.CC.CCCCCCCC/C=C/CCCCCCCCCC(CC)C(CC)CCCCCCCCC/C=C/CCCCCCCC. The van der Waals surface area contributed by atoms with Crippen LogP contribution < -0.4 is 0 Å². The largest absolute Gasteiger partial charge is 0.103 e. The van der Waals surface area contributed by atoms with Crippen molar-refractivity contribution >= 4 is 0 Å². The molecule has 0 aromatic heterocycles. The van der Waals surface area contributed by atoms with E-state index in [1.165, 1.54) is 230 Å². The Hall–Kier alpha value is -1.30. The van der Waals surface area contributed by atoms with Crippen molar-refractivity contribution in [3.05, 3.63) is 61.3 Å². The minimum atomic E-state index is 0.984. The Morgan fingerprint density at radius 2 is 0.585 bits per heavy atom. The third-order valence-corrected chi connectivity index (χ3v) is 11.6. The van der Waals surface area contributed by atoms with Gasteiger partial charge < -0.3 is 0 Å². The highest BCUT2D eigenvalue weighted by Crippen LogP contribution is 2.30. The predicted molar refractivity (Wildman–Crippen MR) is 316 cm³/mol. The maximum Gasteiger partial charge on any atom is -0.0289 e. The lowest BCUT2D eigenvalue weighted by atomic mass is 9.81. The summed E-state index contributed by atoms with van der Waals surface area (Å²) >= 11 is 0. The fraction of sp³-hybridized carbons (Fsp3) is 0.846. The molecule has 0 radical (unpaired) electrons. The molecule has 0 spiro atoms. The molecule has 0 amide bonds. The number of unbranched alkanes of at least 4 members (excludes halogenated alkanes) is 26. The van der Waals surface area contributed by atoms with Crippen molar-refractivity contribution < 1.29 is 0 Å². The zero-order chi connectivity index (χ0) is 51.1. The van der Waals surface area contributed by atoms with Crippen molar-refractivity contribution in [1.29, 1.82) is 0 Å². The predicted octanol–water partition coefficient (Wildman–Crippen LogP) is 25.9. The first-order chi connectivity index (χ1) is 32.0. The van der Waals surface area contributed by atoms with Crippen LogP contribution in [0.3, 0.4) is 0 Å². The van der Waals surface area contributed by atoms with Crippen molar-refractivity contribution in [2.24, 2.45) is 11.8 Å². The molecule has 0 saturated heterocycles. The normalized spacial score (nSPS) is 11.2. The molecule has 0 saturated carbocycles. The van der Waals surface area contributed by atoms with Crippen molar-refractivity contribution in [2.45, 2.75) is 349 Å². The summed E-state index contributed by atoms with van der Waals surface area (Å²) in [5, 5.41) is 0. The number of rotatable bonds is 40. The van der Waals surface area contributed by atoms with Gasteiger partial charge in [-0.1, -0.05) is 312 Å². The molecular weight excluding hydrogens is 781 g/mol. The first-order valence-corrected chi connectivity index (χ1v) is 30.1. The van der Waals surface area contributed by atoms with Gasteiger partial charge in [0.15, 0.2) is 0 Å². The van der Waals surface area contributed by atoms with Crippen molar-refractivity contribution in [2.75, 3.05) is 0 Å². The summed E-state index contributed by atoms with van der Waals surface area (Å²) in [6, 6.07) is 0. The highest BCUT2D eigenvalue weighted by Gasteiger charge is 2.17. The lowest BCUT2D eigenvalue weighted by molar-refractivity contribution is 0.263. The minimum absolute atomic E-state index is 0.984. The van der Waals surface area contributed by atoms with Gasteiger partial charge in [-0.05, 0) is 96.8 Å². The average molecular weight is 918 g/mol. The van der Waals surface area contributed by atoms with Crippen LogP contribution in [0.4, 0.5) is 0 Å². The van der Waals surface area contributed by atoms with Crippen molar-refractivity contribution in [3.8, 4) is 0 Å². The van der Waals surface area contributed by atoms with Crippen LogP contribution in [0.2, 0.25) is 0 Å². The molecule has 2 unspecified atom stereocenters. The minimum Gasteiger partial charge on any atom is -0.103 e. The lowest BCUT2D eigenvalue weighted by Crippen LogP contribution is -2.13. The van der Waals surface area contributed by atoms with Gasteiger partial charge in [-0.2, -0.15) is 0 Å². The summed E-state index contributed by atoms with van der Waals surface area (Å²) in [4.78, 5) is 0. The van der Waals surface area contributed by atoms with Crippen LogP contribution in [-0.4, -0.2) is 0 Å². The molecule has 0 heterocycles. The van der Waals surface area contributed by atoms with Crippen LogP contribution in [0.1, 0.15) is 349 Å². The van der Waals surface area contributed by atoms with Crippen LogP contribution in [0.15, 0.2) is 61.3 Å². The molecule has 0 aliphatic carbocycles. The van der Waals surface area contributed by atoms with Crippen LogP contribution >= 0.6 is 0 Å². The molecule has 65 heavy (non-hydrogen) atoms. The molecule has 0 aromatic rings. The Balaban J connectivity index is -0.000000217. The van der Waals surface area contributed by atoms with Gasteiger partial charge in [0.1, 0.15) is 0 Å². The van der Waals surface area contributed by atoms with E-state index in [-0.39, 0.29) is 0 Å². The summed E-state index contributed by atoms with van der Waals surface area (Å²) in [5.74, 6) is 1.97. The van der Waals surface area contributed by atoms with Gasteiger partial charge in [-0.15, -0.1) is 13.2 Å². The third-order valence-electron chi connectivity index (χ3n) is 11.6. The van der Waals surface area contributed by atoms with E-state index in [4.69, 9.17) is 0 Å². The zero-order valence-corrected chi connectivity index (χ0v) is 49.6. The molecule has 0 aliphatic rings. The highest BCUT2D eigenvalue weighted by molar-refractivity contribution is 4.96. The van der Waals surface area contributed by atoms with Gasteiger partial charge in [0.25, 0.3) is 0 Å². The van der Waals surface area contributed by atoms with E-state index in [0.717, 1.165) is 18.3 Å². The molecule has 0 rings (SSSR count). The fourth-order valence-corrected chi connectivity index (χ4v) is 7.68. The molecule has 0 aromatic carbocycles. The second kappa shape index (κ2) is 92.9. The van der Waals surface area contributed by atoms with Gasteiger partial charge in [-0.3, -0.25) is 0 Å². The summed E-state index contributed by atoms with van der Waals surface area (Å²) in [5.41, 5.74) is 1.45. The van der Waals surface area contributed by atoms with Crippen molar-refractivity contribution in [1.82, 2.24) is 0 Å². The molecule has 0 nitrogen and oxygen atoms in total. The van der Waals surface area contributed by atoms with E-state index in [0.29, 0.717) is 0 Å². The second-order valence-corrected chi connectivity index (χ2v) is 16.9. The standard InChI is InChI=1S/C44H86.C8H14.C3H6.5C2H6/c1-5-9-11-13-15-17-19-21-23-25-27-29-31-33-35-37-39-41-43(7-3)44(8-4)42-40-38-36-34-32-30-28-26-24-22-20-18-16-14-12-10-6-2;1-4-6-7-8(3)5-2;1-3-2;5*1-2/h21-24,43-44H,5-20,25-42H2,1-4H3;4-5H,1,6-7H2,2-3H3;3H,1H2,2H3;5*1-2H3/b23-21+,24-22+;8-5+;;;;;;. The van der Waals surface area contributed by atoms with Gasteiger partial charge in [0, 0.05) is 0 Å². The summed E-state index contributed by atoms with van der Waals surface area (Å²) in [6.07, 6.45) is 66.3. The smallest absolute Gasteiger partial charge is 0.0289 e. The van der Waals surface area contributed by atoms with Crippen LogP contribution in [-0.2, 0) is 0 Å². The monoisotopic (exact) mass is 917 g/mol.